The molecule has 30 heavy (non-hydrogen) atoms. The molecule has 3 aromatic rings. The second-order valence-electron chi connectivity index (χ2n) is 7.02. The van der Waals surface area contributed by atoms with Crippen molar-refractivity contribution in [2.75, 3.05) is 42.8 Å². The summed E-state index contributed by atoms with van der Waals surface area (Å²) in [6.45, 7) is 3.26. The minimum atomic E-state index is -4.27. The molecule has 160 valence electrons. The van der Waals surface area contributed by atoms with Gasteiger partial charge in [0.15, 0.2) is 0 Å². The summed E-state index contributed by atoms with van der Waals surface area (Å²) in [4.78, 5) is 8.22. The Balaban J connectivity index is 0.00000256. The first-order valence-corrected chi connectivity index (χ1v) is 10.6. The maximum atomic E-state index is 14.0. The lowest BCUT2D eigenvalue weighted by molar-refractivity contribution is 0.312. The van der Waals surface area contributed by atoms with Crippen LogP contribution in [-0.2, 0) is 10.0 Å². The van der Waals surface area contributed by atoms with E-state index in [9.17, 15) is 17.2 Å². The van der Waals surface area contributed by atoms with Crippen LogP contribution < -0.4 is 9.62 Å². The van der Waals surface area contributed by atoms with E-state index in [2.05, 4.69) is 19.5 Å². The number of aromatic nitrogens is 1. The molecule has 4 rings (SSSR count). The molecule has 0 atom stereocenters. The third-order valence-corrected chi connectivity index (χ3v) is 6.33. The fourth-order valence-corrected chi connectivity index (χ4v) is 4.43. The van der Waals surface area contributed by atoms with Crippen molar-refractivity contribution in [1.29, 1.82) is 0 Å². The molecule has 6 nitrogen and oxygen atoms in total. The third-order valence-electron chi connectivity index (χ3n) is 4.95. The lowest BCUT2D eigenvalue weighted by Crippen LogP contribution is -2.45. The molecule has 0 amide bonds. The summed E-state index contributed by atoms with van der Waals surface area (Å²) >= 11 is 0. The third kappa shape index (κ3) is 4.48. The number of hydrogen-bond acceptors (Lipinski definition) is 5. The number of pyridine rings is 1. The van der Waals surface area contributed by atoms with Crippen LogP contribution in [0.5, 0.6) is 0 Å². The van der Waals surface area contributed by atoms with Crippen LogP contribution >= 0.6 is 12.4 Å². The zero-order valence-electron chi connectivity index (χ0n) is 16.2. The van der Waals surface area contributed by atoms with E-state index in [4.69, 9.17) is 0 Å². The molecule has 1 aliphatic heterocycles. The molecule has 0 radical (unpaired) electrons. The number of hydrogen-bond donors (Lipinski definition) is 1. The van der Waals surface area contributed by atoms with Crippen molar-refractivity contribution in [3.05, 3.63) is 60.2 Å². The van der Waals surface area contributed by atoms with Crippen LogP contribution in [0.2, 0.25) is 0 Å². The summed E-state index contributed by atoms with van der Waals surface area (Å²) in [5, 5.41) is 1.72. The van der Waals surface area contributed by atoms with E-state index in [0.717, 1.165) is 49.1 Å². The molecule has 1 aliphatic rings. The SMILES string of the molecule is CN1CCN(c2nc(NS(=O)(=O)c3ccc(F)cc3F)cc3ccccc23)CC1.Cl. The second kappa shape index (κ2) is 8.71. The quantitative estimate of drug-likeness (QED) is 0.653. The van der Waals surface area contributed by atoms with Crippen molar-refractivity contribution < 1.29 is 17.2 Å². The summed E-state index contributed by atoms with van der Waals surface area (Å²) in [6.07, 6.45) is 0. The highest BCUT2D eigenvalue weighted by atomic mass is 35.5. The van der Waals surface area contributed by atoms with E-state index in [-0.39, 0.29) is 18.2 Å². The fraction of sp³-hybridized carbons (Fsp3) is 0.250. The number of rotatable bonds is 4. The second-order valence-corrected chi connectivity index (χ2v) is 8.67. The van der Waals surface area contributed by atoms with Gasteiger partial charge >= 0.3 is 0 Å². The molecule has 10 heteroatoms. The van der Waals surface area contributed by atoms with Gasteiger partial charge in [-0.2, -0.15) is 0 Å². The number of nitrogens with one attached hydrogen (secondary N) is 1. The van der Waals surface area contributed by atoms with Crippen molar-refractivity contribution in [3.63, 3.8) is 0 Å². The Labute approximate surface area is 180 Å². The van der Waals surface area contributed by atoms with E-state index in [1.54, 1.807) is 6.07 Å². The van der Waals surface area contributed by atoms with Gasteiger partial charge in [-0.25, -0.2) is 22.2 Å². The monoisotopic (exact) mass is 454 g/mol. The Bertz CT molecular complexity index is 1170. The average molecular weight is 455 g/mol. The highest BCUT2D eigenvalue weighted by Crippen LogP contribution is 2.29. The van der Waals surface area contributed by atoms with E-state index >= 15 is 0 Å². The van der Waals surface area contributed by atoms with Crippen LogP contribution in [0.15, 0.2) is 53.4 Å². The van der Waals surface area contributed by atoms with Gasteiger partial charge in [0.05, 0.1) is 0 Å². The molecular formula is C20H21ClF2N4O2S. The summed E-state index contributed by atoms with van der Waals surface area (Å²) < 4.78 is 54.8. The van der Waals surface area contributed by atoms with Crippen LogP contribution in [0.1, 0.15) is 0 Å². The Hall–Kier alpha value is -2.49. The molecular weight excluding hydrogens is 434 g/mol. The van der Waals surface area contributed by atoms with Crippen molar-refractivity contribution in [2.45, 2.75) is 4.90 Å². The van der Waals surface area contributed by atoms with Gasteiger partial charge in [-0.05, 0) is 30.6 Å². The van der Waals surface area contributed by atoms with E-state index in [0.29, 0.717) is 11.9 Å². The highest BCUT2D eigenvalue weighted by molar-refractivity contribution is 7.92. The molecule has 1 fully saturated rings. The van der Waals surface area contributed by atoms with Gasteiger partial charge in [-0.1, -0.05) is 24.3 Å². The predicted octanol–water partition coefficient (Wildman–Crippen LogP) is 3.49. The molecule has 1 saturated heterocycles. The number of nitrogens with zero attached hydrogens (tertiary/aromatic N) is 3. The average Bonchev–Trinajstić information content (AvgIpc) is 2.67. The van der Waals surface area contributed by atoms with Crippen LogP contribution in [0.4, 0.5) is 20.4 Å². The van der Waals surface area contributed by atoms with Crippen LogP contribution in [0.3, 0.4) is 0 Å². The van der Waals surface area contributed by atoms with Gasteiger partial charge in [-0.15, -0.1) is 12.4 Å². The Morgan fingerprint density at radius 2 is 1.70 bits per heavy atom. The van der Waals surface area contributed by atoms with Crippen LogP contribution in [0.25, 0.3) is 10.8 Å². The lowest BCUT2D eigenvalue weighted by Gasteiger charge is -2.34. The number of likely N-dealkylation sites (N-methyl/N-ethyl adjacent to an activating group) is 1. The maximum absolute atomic E-state index is 14.0. The van der Waals surface area contributed by atoms with Crippen LogP contribution in [-0.4, -0.2) is 51.5 Å². The molecule has 2 aromatic carbocycles. The first kappa shape index (κ1) is 22.2. The largest absolute Gasteiger partial charge is 0.353 e. The minimum absolute atomic E-state index is 0. The predicted molar refractivity (Wildman–Crippen MR) is 116 cm³/mol. The fourth-order valence-electron chi connectivity index (χ4n) is 3.38. The lowest BCUT2D eigenvalue weighted by atomic mass is 10.1. The number of fused-ring (bicyclic) bond motifs is 1. The molecule has 2 heterocycles. The van der Waals surface area contributed by atoms with Crippen molar-refractivity contribution in [2.24, 2.45) is 0 Å². The molecule has 1 aromatic heterocycles. The zero-order valence-corrected chi connectivity index (χ0v) is 17.8. The molecule has 0 unspecified atom stereocenters. The summed E-state index contributed by atoms with van der Waals surface area (Å²) in [5.74, 6) is -1.24. The molecule has 0 aliphatic carbocycles. The van der Waals surface area contributed by atoms with E-state index in [1.807, 2.05) is 31.3 Å². The summed E-state index contributed by atoms with van der Waals surface area (Å²) in [7, 11) is -2.22. The van der Waals surface area contributed by atoms with Crippen molar-refractivity contribution in [1.82, 2.24) is 9.88 Å². The highest BCUT2D eigenvalue weighted by Gasteiger charge is 2.23. The standard InChI is InChI=1S/C20H20F2N4O2S.ClH/c1-25-8-10-26(11-9-25)20-16-5-3-2-4-14(16)12-19(23-20)24-29(27,28)18-7-6-15(21)13-17(18)22;/h2-7,12-13H,8-11H2,1H3,(H,23,24);1H. The number of piperazine rings is 1. The number of halogens is 3. The van der Waals surface area contributed by atoms with Crippen molar-refractivity contribution >= 4 is 44.8 Å². The van der Waals surface area contributed by atoms with Gasteiger partial charge in [0.25, 0.3) is 10.0 Å². The Kier molecular flexibility index (Phi) is 6.44. The molecule has 0 bridgehead atoms. The zero-order chi connectivity index (χ0) is 20.6. The summed E-state index contributed by atoms with van der Waals surface area (Å²) in [5.41, 5.74) is 0. The Morgan fingerprint density at radius 3 is 2.40 bits per heavy atom. The number of sulfonamides is 1. The minimum Gasteiger partial charge on any atom is -0.353 e. The van der Waals surface area contributed by atoms with Gasteiger partial charge in [0.1, 0.15) is 28.2 Å². The number of benzene rings is 2. The normalized spacial score (nSPS) is 15.1. The van der Waals surface area contributed by atoms with E-state index < -0.39 is 26.6 Å². The summed E-state index contributed by atoms with van der Waals surface area (Å²) in [6, 6.07) is 11.5. The number of anilines is 2. The van der Waals surface area contributed by atoms with Gasteiger partial charge in [0.2, 0.25) is 0 Å². The van der Waals surface area contributed by atoms with E-state index in [1.165, 1.54) is 0 Å². The Morgan fingerprint density at radius 1 is 1.00 bits per heavy atom. The topological polar surface area (TPSA) is 65.5 Å². The maximum Gasteiger partial charge on any atom is 0.265 e. The molecule has 0 spiro atoms. The van der Waals surface area contributed by atoms with Gasteiger partial charge in [0, 0.05) is 37.6 Å². The first-order valence-electron chi connectivity index (χ1n) is 9.15. The smallest absolute Gasteiger partial charge is 0.265 e. The first-order chi connectivity index (χ1) is 13.8. The van der Waals surface area contributed by atoms with Crippen LogP contribution in [0, 0.1) is 11.6 Å². The molecule has 0 saturated carbocycles. The van der Waals surface area contributed by atoms with Gasteiger partial charge < -0.3 is 9.80 Å². The van der Waals surface area contributed by atoms with Crippen molar-refractivity contribution in [3.8, 4) is 0 Å². The molecule has 1 N–H and O–H groups in total. The van der Waals surface area contributed by atoms with Gasteiger partial charge in [-0.3, -0.25) is 4.72 Å².